The lowest BCUT2D eigenvalue weighted by molar-refractivity contribution is -0.141. The van der Waals surface area contributed by atoms with E-state index in [1.807, 2.05) is 31.0 Å². The van der Waals surface area contributed by atoms with E-state index in [2.05, 4.69) is 4.98 Å². The molecule has 1 aliphatic heterocycles. The van der Waals surface area contributed by atoms with Crippen molar-refractivity contribution in [3.8, 4) is 0 Å². The highest BCUT2D eigenvalue weighted by Gasteiger charge is 2.36. The molecule has 1 aromatic heterocycles. The Balaban J connectivity index is 2.19. The molecule has 0 aromatic carbocycles. The third-order valence-electron chi connectivity index (χ3n) is 3.15. The van der Waals surface area contributed by atoms with Crippen LogP contribution in [0.15, 0.2) is 18.3 Å². The molecule has 92 valence electrons. The van der Waals surface area contributed by atoms with Crippen molar-refractivity contribution in [2.75, 3.05) is 25.2 Å². The van der Waals surface area contributed by atoms with E-state index in [4.69, 9.17) is 9.84 Å². The Kier molecular flexibility index (Phi) is 3.28. The molecule has 2 unspecified atom stereocenters. The lowest BCUT2D eigenvalue weighted by atomic mass is 10.0. The van der Waals surface area contributed by atoms with Crippen molar-refractivity contribution >= 4 is 11.7 Å². The quantitative estimate of drug-likeness (QED) is 0.845. The van der Waals surface area contributed by atoms with E-state index in [0.717, 1.165) is 11.4 Å². The summed E-state index contributed by atoms with van der Waals surface area (Å²) in [5.74, 6) is -1.27. The van der Waals surface area contributed by atoms with Gasteiger partial charge in [-0.3, -0.25) is 9.78 Å². The van der Waals surface area contributed by atoms with E-state index in [1.54, 1.807) is 6.20 Å². The van der Waals surface area contributed by atoms with Crippen molar-refractivity contribution in [2.24, 2.45) is 5.92 Å². The van der Waals surface area contributed by atoms with Crippen molar-refractivity contribution in [1.29, 1.82) is 0 Å². The molecule has 5 heteroatoms. The first-order chi connectivity index (χ1) is 8.09. The van der Waals surface area contributed by atoms with Gasteiger partial charge < -0.3 is 14.7 Å². The molecule has 0 bridgehead atoms. The second-order valence-corrected chi connectivity index (χ2v) is 4.32. The summed E-state index contributed by atoms with van der Waals surface area (Å²) < 4.78 is 5.27. The lowest BCUT2D eigenvalue weighted by Crippen LogP contribution is -2.40. The zero-order valence-corrected chi connectivity index (χ0v) is 9.96. The molecule has 1 fully saturated rings. The van der Waals surface area contributed by atoms with Gasteiger partial charge in [0.05, 0.1) is 19.3 Å². The molecular formula is C12H16N2O3. The molecule has 2 atom stereocenters. The van der Waals surface area contributed by atoms with Crippen molar-refractivity contribution in [1.82, 2.24) is 4.98 Å². The van der Waals surface area contributed by atoms with Crippen LogP contribution in [0.25, 0.3) is 0 Å². The fourth-order valence-electron chi connectivity index (χ4n) is 2.10. The van der Waals surface area contributed by atoms with Crippen LogP contribution in [0.4, 0.5) is 5.69 Å². The van der Waals surface area contributed by atoms with Gasteiger partial charge in [0.1, 0.15) is 5.92 Å². The van der Waals surface area contributed by atoms with Crippen LogP contribution < -0.4 is 4.90 Å². The maximum atomic E-state index is 11.1. The summed E-state index contributed by atoms with van der Waals surface area (Å²) in [5.41, 5.74) is 1.89. The highest BCUT2D eigenvalue weighted by atomic mass is 16.5. The molecule has 0 aliphatic carbocycles. The Labute approximate surface area is 100 Å². The molecule has 1 aromatic rings. The van der Waals surface area contributed by atoms with Gasteiger partial charge in [0.15, 0.2) is 0 Å². The topological polar surface area (TPSA) is 62.7 Å². The minimum Gasteiger partial charge on any atom is -0.481 e. The predicted octanol–water partition coefficient (Wildman–Crippen LogP) is 0.926. The fourth-order valence-corrected chi connectivity index (χ4v) is 2.10. The number of hydrogen-bond donors (Lipinski definition) is 1. The molecule has 0 spiro atoms. The summed E-state index contributed by atoms with van der Waals surface area (Å²) >= 11 is 0. The average Bonchev–Trinajstić information content (AvgIpc) is 2.77. The van der Waals surface area contributed by atoms with Crippen LogP contribution in [-0.2, 0) is 9.53 Å². The van der Waals surface area contributed by atoms with Crippen LogP contribution in [0.1, 0.15) is 5.69 Å². The van der Waals surface area contributed by atoms with E-state index in [0.29, 0.717) is 6.61 Å². The van der Waals surface area contributed by atoms with Crippen molar-refractivity contribution in [2.45, 2.75) is 13.0 Å². The summed E-state index contributed by atoms with van der Waals surface area (Å²) in [6.07, 6.45) is 1.73. The van der Waals surface area contributed by atoms with Gasteiger partial charge in [-0.2, -0.15) is 0 Å². The monoisotopic (exact) mass is 236 g/mol. The second kappa shape index (κ2) is 4.71. The summed E-state index contributed by atoms with van der Waals surface area (Å²) in [6, 6.07) is 3.70. The van der Waals surface area contributed by atoms with Gasteiger partial charge in [-0.05, 0) is 19.1 Å². The number of carboxylic acid groups (broad SMARTS) is 1. The Bertz CT molecular complexity index is 422. The molecule has 17 heavy (non-hydrogen) atoms. The number of carbonyl (C=O) groups is 1. The van der Waals surface area contributed by atoms with E-state index in [-0.39, 0.29) is 12.6 Å². The number of rotatable bonds is 3. The number of aliphatic carboxylic acids is 1. The van der Waals surface area contributed by atoms with Gasteiger partial charge in [-0.15, -0.1) is 0 Å². The Morgan fingerprint density at radius 1 is 1.59 bits per heavy atom. The largest absolute Gasteiger partial charge is 0.481 e. The van der Waals surface area contributed by atoms with Crippen LogP contribution in [-0.4, -0.2) is 42.4 Å². The van der Waals surface area contributed by atoms with Crippen molar-refractivity contribution < 1.29 is 14.6 Å². The van der Waals surface area contributed by atoms with Gasteiger partial charge in [0.25, 0.3) is 0 Å². The first-order valence-corrected chi connectivity index (χ1v) is 5.55. The summed E-state index contributed by atoms with van der Waals surface area (Å²) in [4.78, 5) is 17.2. The number of aromatic nitrogens is 1. The van der Waals surface area contributed by atoms with Crippen LogP contribution in [0.2, 0.25) is 0 Å². The van der Waals surface area contributed by atoms with E-state index < -0.39 is 11.9 Å². The number of nitrogens with zero attached hydrogens (tertiary/aromatic N) is 2. The van der Waals surface area contributed by atoms with Gasteiger partial charge in [0.2, 0.25) is 0 Å². The zero-order chi connectivity index (χ0) is 12.4. The Morgan fingerprint density at radius 2 is 2.35 bits per heavy atom. The molecule has 2 rings (SSSR count). The third kappa shape index (κ3) is 2.39. The minimum absolute atomic E-state index is 0.116. The maximum Gasteiger partial charge on any atom is 0.311 e. The first kappa shape index (κ1) is 11.9. The number of ether oxygens (including phenoxy) is 1. The number of carboxylic acids is 1. The van der Waals surface area contributed by atoms with Crippen molar-refractivity contribution in [3.63, 3.8) is 0 Å². The second-order valence-electron chi connectivity index (χ2n) is 4.32. The maximum absolute atomic E-state index is 11.1. The predicted molar refractivity (Wildman–Crippen MR) is 63.1 cm³/mol. The Morgan fingerprint density at radius 3 is 3.00 bits per heavy atom. The van der Waals surface area contributed by atoms with Gasteiger partial charge >= 0.3 is 5.97 Å². The normalized spacial score (nSPS) is 23.6. The number of pyridine rings is 1. The average molecular weight is 236 g/mol. The number of hydrogen-bond acceptors (Lipinski definition) is 4. The molecule has 1 aliphatic rings. The number of likely N-dealkylation sites (N-methyl/N-ethyl adjacent to an activating group) is 1. The van der Waals surface area contributed by atoms with E-state index in [9.17, 15) is 4.79 Å². The molecule has 0 saturated carbocycles. The molecule has 1 N–H and O–H groups in total. The van der Waals surface area contributed by atoms with Gasteiger partial charge in [-0.1, -0.05) is 0 Å². The smallest absolute Gasteiger partial charge is 0.311 e. The lowest BCUT2D eigenvalue weighted by Gasteiger charge is -2.28. The molecule has 2 heterocycles. The highest BCUT2D eigenvalue weighted by Crippen LogP contribution is 2.24. The fraction of sp³-hybridized carbons (Fsp3) is 0.500. The molecular weight excluding hydrogens is 220 g/mol. The number of aryl methyl sites for hydroxylation is 1. The van der Waals surface area contributed by atoms with Crippen LogP contribution in [0.3, 0.4) is 0 Å². The summed E-state index contributed by atoms with van der Waals surface area (Å²) in [7, 11) is 1.89. The third-order valence-corrected chi connectivity index (χ3v) is 3.15. The van der Waals surface area contributed by atoms with E-state index in [1.165, 1.54) is 0 Å². The van der Waals surface area contributed by atoms with Gasteiger partial charge in [0, 0.05) is 24.6 Å². The standard InChI is InChI=1S/C12H16N2O3/c1-8-5-9(3-4-13-8)14(2)11-7-17-6-10(11)12(15)16/h3-5,10-11H,6-7H2,1-2H3,(H,15,16). The molecule has 0 amide bonds. The first-order valence-electron chi connectivity index (χ1n) is 5.55. The molecule has 5 nitrogen and oxygen atoms in total. The SMILES string of the molecule is Cc1cc(N(C)C2COCC2C(=O)O)ccn1. The van der Waals surface area contributed by atoms with Crippen LogP contribution in [0, 0.1) is 12.8 Å². The van der Waals surface area contributed by atoms with E-state index >= 15 is 0 Å². The van der Waals surface area contributed by atoms with Crippen LogP contribution in [0.5, 0.6) is 0 Å². The zero-order valence-electron chi connectivity index (χ0n) is 9.96. The minimum atomic E-state index is -0.801. The van der Waals surface area contributed by atoms with Crippen molar-refractivity contribution in [3.05, 3.63) is 24.0 Å². The summed E-state index contributed by atoms with van der Waals surface area (Å²) in [6.45, 7) is 2.65. The summed E-state index contributed by atoms with van der Waals surface area (Å²) in [5, 5.41) is 9.12. The Hall–Kier alpha value is -1.62. The number of anilines is 1. The molecule has 0 radical (unpaired) electrons. The molecule has 1 saturated heterocycles. The van der Waals surface area contributed by atoms with Crippen LogP contribution >= 0.6 is 0 Å². The van der Waals surface area contributed by atoms with Gasteiger partial charge in [-0.25, -0.2) is 0 Å². The highest BCUT2D eigenvalue weighted by molar-refractivity contribution is 5.72.